The van der Waals surface area contributed by atoms with E-state index in [9.17, 15) is 14.0 Å². The molecular formula is C16H16ClFN4O2. The number of benzene rings is 1. The second kappa shape index (κ2) is 7.00. The molecule has 126 valence electrons. The van der Waals surface area contributed by atoms with Crippen LogP contribution in [-0.2, 0) is 0 Å². The lowest BCUT2D eigenvalue weighted by Gasteiger charge is -2.33. The molecule has 0 atom stereocenters. The lowest BCUT2D eigenvalue weighted by atomic mass is 10.0. The number of carbonyl (C=O) groups is 1. The molecule has 0 aliphatic carbocycles. The maximum absolute atomic E-state index is 12.9. The van der Waals surface area contributed by atoms with Gasteiger partial charge in [0.1, 0.15) is 10.8 Å². The number of hydrogen-bond acceptors (Lipinski definition) is 4. The molecule has 0 radical (unpaired) electrons. The Balaban J connectivity index is 1.59. The van der Waals surface area contributed by atoms with Crippen molar-refractivity contribution in [3.63, 3.8) is 0 Å². The number of nitrogens with one attached hydrogen (secondary N) is 2. The Morgan fingerprint density at radius 1 is 1.29 bits per heavy atom. The fourth-order valence-electron chi connectivity index (χ4n) is 2.73. The van der Waals surface area contributed by atoms with Crippen LogP contribution in [0.2, 0.25) is 5.02 Å². The predicted molar refractivity (Wildman–Crippen MR) is 89.0 cm³/mol. The first-order valence-corrected chi connectivity index (χ1v) is 7.97. The van der Waals surface area contributed by atoms with E-state index in [1.165, 1.54) is 30.5 Å². The SMILES string of the molecule is O=C(NC1CCN(c2cn[nH]c(=O)c2Cl)CC1)c1ccc(F)cc1. The zero-order valence-electron chi connectivity index (χ0n) is 12.8. The van der Waals surface area contributed by atoms with E-state index in [2.05, 4.69) is 15.5 Å². The van der Waals surface area contributed by atoms with Gasteiger partial charge in [0.25, 0.3) is 11.5 Å². The second-order valence-electron chi connectivity index (χ2n) is 5.64. The third-order valence-corrected chi connectivity index (χ3v) is 4.42. The Morgan fingerprint density at radius 2 is 1.96 bits per heavy atom. The van der Waals surface area contributed by atoms with Crippen molar-refractivity contribution < 1.29 is 9.18 Å². The largest absolute Gasteiger partial charge is 0.369 e. The van der Waals surface area contributed by atoms with Crippen LogP contribution >= 0.6 is 11.6 Å². The second-order valence-corrected chi connectivity index (χ2v) is 6.02. The van der Waals surface area contributed by atoms with E-state index < -0.39 is 5.56 Å². The third kappa shape index (κ3) is 3.56. The fraction of sp³-hybridized carbons (Fsp3) is 0.312. The number of aromatic amines is 1. The number of anilines is 1. The van der Waals surface area contributed by atoms with Gasteiger partial charge in [-0.25, -0.2) is 9.49 Å². The summed E-state index contributed by atoms with van der Waals surface area (Å²) >= 11 is 6.01. The molecule has 2 N–H and O–H groups in total. The summed E-state index contributed by atoms with van der Waals surface area (Å²) in [5.41, 5.74) is 0.616. The average Bonchev–Trinajstić information content (AvgIpc) is 2.59. The molecule has 3 rings (SSSR count). The maximum Gasteiger partial charge on any atom is 0.285 e. The standard InChI is InChI=1S/C16H16ClFN4O2/c17-14-13(9-19-21-16(14)24)22-7-5-12(6-8-22)20-15(23)10-1-3-11(18)4-2-10/h1-4,9,12H,5-8H2,(H,20,23)(H,21,24). The van der Waals surface area contributed by atoms with Gasteiger partial charge in [0.05, 0.1) is 11.9 Å². The quantitative estimate of drug-likeness (QED) is 0.887. The van der Waals surface area contributed by atoms with Crippen LogP contribution in [-0.4, -0.2) is 35.2 Å². The molecule has 6 nitrogen and oxygen atoms in total. The smallest absolute Gasteiger partial charge is 0.285 e. The topological polar surface area (TPSA) is 78.1 Å². The Kier molecular flexibility index (Phi) is 4.80. The molecular weight excluding hydrogens is 335 g/mol. The van der Waals surface area contributed by atoms with Crippen molar-refractivity contribution in [2.75, 3.05) is 18.0 Å². The van der Waals surface area contributed by atoms with Gasteiger partial charge in [-0.3, -0.25) is 9.59 Å². The summed E-state index contributed by atoms with van der Waals surface area (Å²) in [5.74, 6) is -0.590. The number of H-pyrrole nitrogens is 1. The number of nitrogens with zero attached hydrogens (tertiary/aromatic N) is 2. The van der Waals surface area contributed by atoms with E-state index in [0.29, 0.717) is 24.3 Å². The van der Waals surface area contributed by atoms with Crippen LogP contribution in [0.4, 0.5) is 10.1 Å². The molecule has 2 heterocycles. The van der Waals surface area contributed by atoms with E-state index in [4.69, 9.17) is 11.6 Å². The highest BCUT2D eigenvalue weighted by Gasteiger charge is 2.23. The van der Waals surface area contributed by atoms with Crippen LogP contribution < -0.4 is 15.8 Å². The lowest BCUT2D eigenvalue weighted by Crippen LogP contribution is -2.45. The number of piperidine rings is 1. The van der Waals surface area contributed by atoms with E-state index in [-0.39, 0.29) is 22.8 Å². The van der Waals surface area contributed by atoms with Crippen LogP contribution in [0.25, 0.3) is 0 Å². The minimum atomic E-state index is -0.416. The van der Waals surface area contributed by atoms with Crippen molar-refractivity contribution in [2.24, 2.45) is 0 Å². The number of rotatable bonds is 3. The Hall–Kier alpha value is -2.41. The van der Waals surface area contributed by atoms with Gasteiger partial charge >= 0.3 is 0 Å². The molecule has 1 aromatic heterocycles. The number of hydrogen-bond donors (Lipinski definition) is 2. The van der Waals surface area contributed by atoms with Crippen molar-refractivity contribution in [1.29, 1.82) is 0 Å². The Morgan fingerprint density at radius 3 is 2.62 bits per heavy atom. The van der Waals surface area contributed by atoms with Crippen LogP contribution in [0.5, 0.6) is 0 Å². The van der Waals surface area contributed by atoms with Crippen molar-refractivity contribution in [1.82, 2.24) is 15.5 Å². The van der Waals surface area contributed by atoms with Gasteiger partial charge in [-0.2, -0.15) is 5.10 Å². The average molecular weight is 351 g/mol. The summed E-state index contributed by atoms with van der Waals surface area (Å²) in [6.07, 6.45) is 2.97. The normalized spacial score (nSPS) is 15.3. The van der Waals surface area contributed by atoms with E-state index in [1.807, 2.05) is 4.90 Å². The molecule has 1 saturated heterocycles. The molecule has 1 fully saturated rings. The van der Waals surface area contributed by atoms with Crippen LogP contribution in [0.3, 0.4) is 0 Å². The zero-order chi connectivity index (χ0) is 17.1. The Labute approximate surface area is 142 Å². The molecule has 1 aliphatic heterocycles. The molecule has 1 aromatic carbocycles. The summed E-state index contributed by atoms with van der Waals surface area (Å²) < 4.78 is 12.9. The number of halogens is 2. The van der Waals surface area contributed by atoms with Gasteiger partial charge in [-0.05, 0) is 37.1 Å². The molecule has 8 heteroatoms. The summed E-state index contributed by atoms with van der Waals surface area (Å²) in [5, 5.41) is 9.13. The third-order valence-electron chi connectivity index (χ3n) is 4.05. The predicted octanol–water partition coefficient (Wildman–Crippen LogP) is 1.96. The molecule has 1 aliphatic rings. The number of amides is 1. The first kappa shape index (κ1) is 16.4. The van der Waals surface area contributed by atoms with Crippen molar-refractivity contribution in [2.45, 2.75) is 18.9 Å². The highest BCUT2D eigenvalue weighted by atomic mass is 35.5. The van der Waals surface area contributed by atoms with Crippen LogP contribution in [0.15, 0.2) is 35.3 Å². The first-order chi connectivity index (χ1) is 11.5. The summed E-state index contributed by atoms with van der Waals surface area (Å²) in [6.45, 7) is 1.30. The maximum atomic E-state index is 12.9. The van der Waals surface area contributed by atoms with E-state index in [0.717, 1.165) is 12.8 Å². The highest BCUT2D eigenvalue weighted by Crippen LogP contribution is 2.24. The van der Waals surface area contributed by atoms with E-state index >= 15 is 0 Å². The highest BCUT2D eigenvalue weighted by molar-refractivity contribution is 6.33. The molecule has 0 unspecified atom stereocenters. The minimum Gasteiger partial charge on any atom is -0.369 e. The van der Waals surface area contributed by atoms with Crippen LogP contribution in [0, 0.1) is 5.82 Å². The molecule has 0 saturated carbocycles. The van der Waals surface area contributed by atoms with Crippen molar-refractivity contribution in [3.05, 3.63) is 57.2 Å². The van der Waals surface area contributed by atoms with Gasteiger partial charge in [0, 0.05) is 24.7 Å². The van der Waals surface area contributed by atoms with Gasteiger partial charge in [-0.1, -0.05) is 11.6 Å². The van der Waals surface area contributed by atoms with Crippen molar-refractivity contribution >= 4 is 23.2 Å². The van der Waals surface area contributed by atoms with Gasteiger partial charge in [-0.15, -0.1) is 0 Å². The molecule has 2 aromatic rings. The first-order valence-electron chi connectivity index (χ1n) is 7.59. The van der Waals surface area contributed by atoms with E-state index in [1.54, 1.807) is 0 Å². The van der Waals surface area contributed by atoms with Gasteiger partial charge in [0.2, 0.25) is 0 Å². The monoisotopic (exact) mass is 350 g/mol. The molecule has 0 spiro atoms. The Bertz CT molecular complexity index is 785. The molecule has 1 amide bonds. The minimum absolute atomic E-state index is 0.0209. The molecule has 24 heavy (non-hydrogen) atoms. The number of carbonyl (C=O) groups excluding carboxylic acids is 1. The summed E-state index contributed by atoms with van der Waals surface area (Å²) in [4.78, 5) is 25.6. The van der Waals surface area contributed by atoms with Gasteiger partial charge < -0.3 is 10.2 Å². The summed E-state index contributed by atoms with van der Waals surface area (Å²) in [7, 11) is 0. The molecule has 0 bridgehead atoms. The van der Waals surface area contributed by atoms with Gasteiger partial charge in [0.15, 0.2) is 0 Å². The lowest BCUT2D eigenvalue weighted by molar-refractivity contribution is 0.0931. The van der Waals surface area contributed by atoms with Crippen LogP contribution in [0.1, 0.15) is 23.2 Å². The zero-order valence-corrected chi connectivity index (χ0v) is 13.5. The summed E-state index contributed by atoms with van der Waals surface area (Å²) in [6, 6.07) is 5.47. The fourth-order valence-corrected chi connectivity index (χ4v) is 2.94. The van der Waals surface area contributed by atoms with Crippen molar-refractivity contribution in [3.8, 4) is 0 Å². The number of aromatic nitrogens is 2.